The molecular formula is C6H9NO. The van der Waals surface area contributed by atoms with Crippen LogP contribution in [0.15, 0.2) is 11.6 Å². The predicted octanol–water partition coefficient (Wildman–Crippen LogP) is 0.582. The quantitative estimate of drug-likeness (QED) is 0.494. The van der Waals surface area contributed by atoms with E-state index >= 15 is 0 Å². The molecule has 0 bridgehead atoms. The summed E-state index contributed by atoms with van der Waals surface area (Å²) in [5.74, 6) is -0.306. The summed E-state index contributed by atoms with van der Waals surface area (Å²) in [6.45, 7) is 0. The van der Waals surface area contributed by atoms with E-state index in [0.29, 0.717) is 0 Å². The van der Waals surface area contributed by atoms with Gasteiger partial charge >= 0.3 is 0 Å². The smallest absolute Gasteiger partial charge is 0.241 e. The summed E-state index contributed by atoms with van der Waals surface area (Å²) in [4.78, 5) is 10.1. The van der Waals surface area contributed by atoms with Crippen molar-refractivity contribution >= 4 is 5.91 Å². The highest BCUT2D eigenvalue weighted by atomic mass is 16.1. The Kier molecular flexibility index (Phi) is 1.33. The zero-order chi connectivity index (χ0) is 5.98. The fourth-order valence-electron chi connectivity index (χ4n) is 0.726. The molecule has 0 spiro atoms. The summed E-state index contributed by atoms with van der Waals surface area (Å²) >= 11 is 0. The molecule has 1 rings (SSSR count). The molecule has 2 nitrogen and oxygen atoms in total. The van der Waals surface area contributed by atoms with Gasteiger partial charge in [0.05, 0.1) is 0 Å². The number of rotatable bonds is 1. The molecule has 1 aliphatic rings. The molecule has 1 saturated carbocycles. The van der Waals surface area contributed by atoms with Gasteiger partial charge in [-0.15, -0.1) is 0 Å². The lowest BCUT2D eigenvalue weighted by Crippen LogP contribution is -2.09. The van der Waals surface area contributed by atoms with Crippen LogP contribution in [0.5, 0.6) is 0 Å². The first-order valence-electron chi connectivity index (χ1n) is 2.78. The van der Waals surface area contributed by atoms with Gasteiger partial charge in [-0.3, -0.25) is 4.79 Å². The van der Waals surface area contributed by atoms with Gasteiger partial charge in [0, 0.05) is 6.08 Å². The number of allylic oxidation sites excluding steroid dienone is 1. The highest BCUT2D eigenvalue weighted by Gasteiger charge is 2.07. The molecule has 1 fully saturated rings. The second-order valence-electron chi connectivity index (χ2n) is 2.06. The fourth-order valence-corrected chi connectivity index (χ4v) is 0.726. The molecule has 8 heavy (non-hydrogen) atoms. The number of hydrogen-bond donors (Lipinski definition) is 1. The van der Waals surface area contributed by atoms with Crippen LogP contribution in [0.2, 0.25) is 0 Å². The van der Waals surface area contributed by atoms with Gasteiger partial charge in [-0.1, -0.05) is 5.57 Å². The predicted molar refractivity (Wildman–Crippen MR) is 31.1 cm³/mol. The van der Waals surface area contributed by atoms with E-state index in [2.05, 4.69) is 0 Å². The van der Waals surface area contributed by atoms with Crippen LogP contribution < -0.4 is 5.73 Å². The van der Waals surface area contributed by atoms with Gasteiger partial charge in [0.2, 0.25) is 5.91 Å². The molecule has 1 aliphatic carbocycles. The Balaban J connectivity index is 2.42. The molecule has 0 saturated heterocycles. The highest BCUT2D eigenvalue weighted by molar-refractivity contribution is 5.86. The van der Waals surface area contributed by atoms with Crippen molar-refractivity contribution in [1.82, 2.24) is 0 Å². The fraction of sp³-hybridized carbons (Fsp3) is 0.500. The summed E-state index contributed by atoms with van der Waals surface area (Å²) in [7, 11) is 0. The maximum absolute atomic E-state index is 10.1. The molecule has 0 heterocycles. The summed E-state index contributed by atoms with van der Waals surface area (Å²) in [6.07, 6.45) is 4.90. The van der Waals surface area contributed by atoms with Gasteiger partial charge in [-0.25, -0.2) is 0 Å². The monoisotopic (exact) mass is 111 g/mol. The Morgan fingerprint density at radius 2 is 2.25 bits per heavy atom. The lowest BCUT2D eigenvalue weighted by molar-refractivity contribution is -0.113. The number of amides is 1. The molecule has 0 unspecified atom stereocenters. The minimum atomic E-state index is -0.306. The Morgan fingerprint density at radius 3 is 2.38 bits per heavy atom. The van der Waals surface area contributed by atoms with Crippen LogP contribution in [0.4, 0.5) is 0 Å². The summed E-state index contributed by atoms with van der Waals surface area (Å²) in [5, 5.41) is 0. The normalized spacial score (nSPS) is 17.2. The van der Waals surface area contributed by atoms with Crippen LogP contribution >= 0.6 is 0 Å². The number of hydrogen-bond acceptors (Lipinski definition) is 1. The number of carbonyl (C=O) groups is 1. The molecule has 0 aromatic heterocycles. The molecule has 0 atom stereocenters. The third-order valence-corrected chi connectivity index (χ3v) is 1.34. The lowest BCUT2D eigenvalue weighted by Gasteiger charge is -2.14. The standard InChI is InChI=1S/C6H9NO/c7-6(8)4-5-2-1-3-5/h4H,1-3H2,(H2,7,8). The van der Waals surface area contributed by atoms with Crippen molar-refractivity contribution < 1.29 is 4.79 Å². The Labute approximate surface area is 48.4 Å². The minimum Gasteiger partial charge on any atom is -0.366 e. The molecule has 2 heteroatoms. The van der Waals surface area contributed by atoms with Crippen LogP contribution in [-0.4, -0.2) is 5.91 Å². The Morgan fingerprint density at radius 1 is 1.62 bits per heavy atom. The molecular weight excluding hydrogens is 102 g/mol. The Bertz CT molecular complexity index is 131. The SMILES string of the molecule is NC(=O)C=C1CCC1. The molecule has 0 aliphatic heterocycles. The van der Waals surface area contributed by atoms with Gasteiger partial charge in [0.1, 0.15) is 0 Å². The first-order valence-corrected chi connectivity index (χ1v) is 2.78. The summed E-state index contributed by atoms with van der Waals surface area (Å²) in [6, 6.07) is 0. The van der Waals surface area contributed by atoms with Gasteiger partial charge in [-0.05, 0) is 19.3 Å². The molecule has 0 aromatic rings. The van der Waals surface area contributed by atoms with Crippen LogP contribution in [0.3, 0.4) is 0 Å². The van der Waals surface area contributed by atoms with Gasteiger partial charge < -0.3 is 5.73 Å². The second-order valence-corrected chi connectivity index (χ2v) is 2.06. The average Bonchev–Trinajstić information content (AvgIpc) is 1.55. The number of primary amides is 1. The Hall–Kier alpha value is -0.790. The van der Waals surface area contributed by atoms with Crippen molar-refractivity contribution in [1.29, 1.82) is 0 Å². The maximum atomic E-state index is 10.1. The van der Waals surface area contributed by atoms with E-state index in [0.717, 1.165) is 12.8 Å². The summed E-state index contributed by atoms with van der Waals surface area (Å²) < 4.78 is 0. The van der Waals surface area contributed by atoms with Crippen molar-refractivity contribution in [2.24, 2.45) is 5.73 Å². The number of carbonyl (C=O) groups excluding carboxylic acids is 1. The third-order valence-electron chi connectivity index (χ3n) is 1.34. The zero-order valence-corrected chi connectivity index (χ0v) is 4.68. The van der Waals surface area contributed by atoms with Crippen molar-refractivity contribution in [2.75, 3.05) is 0 Å². The van der Waals surface area contributed by atoms with E-state index in [4.69, 9.17) is 5.73 Å². The topological polar surface area (TPSA) is 43.1 Å². The van der Waals surface area contributed by atoms with Gasteiger partial charge in [-0.2, -0.15) is 0 Å². The zero-order valence-electron chi connectivity index (χ0n) is 4.68. The van der Waals surface area contributed by atoms with E-state index in [1.807, 2.05) is 0 Å². The number of nitrogens with two attached hydrogens (primary N) is 1. The van der Waals surface area contributed by atoms with Crippen molar-refractivity contribution in [2.45, 2.75) is 19.3 Å². The van der Waals surface area contributed by atoms with Gasteiger partial charge in [0.15, 0.2) is 0 Å². The summed E-state index contributed by atoms with van der Waals surface area (Å²) in [5.41, 5.74) is 6.09. The molecule has 44 valence electrons. The minimum absolute atomic E-state index is 0.306. The van der Waals surface area contributed by atoms with E-state index < -0.39 is 0 Å². The second kappa shape index (κ2) is 1.99. The maximum Gasteiger partial charge on any atom is 0.241 e. The van der Waals surface area contributed by atoms with E-state index in [1.54, 1.807) is 0 Å². The molecule has 0 radical (unpaired) electrons. The highest BCUT2D eigenvalue weighted by Crippen LogP contribution is 2.24. The van der Waals surface area contributed by atoms with Crippen molar-refractivity contribution in [3.05, 3.63) is 11.6 Å². The first kappa shape index (κ1) is 5.35. The van der Waals surface area contributed by atoms with E-state index in [1.165, 1.54) is 18.1 Å². The van der Waals surface area contributed by atoms with Crippen LogP contribution in [0, 0.1) is 0 Å². The van der Waals surface area contributed by atoms with Crippen LogP contribution in [-0.2, 0) is 4.79 Å². The average molecular weight is 111 g/mol. The van der Waals surface area contributed by atoms with Crippen LogP contribution in [0.1, 0.15) is 19.3 Å². The van der Waals surface area contributed by atoms with Crippen LogP contribution in [0.25, 0.3) is 0 Å². The molecule has 0 aromatic carbocycles. The van der Waals surface area contributed by atoms with Crippen molar-refractivity contribution in [3.63, 3.8) is 0 Å². The van der Waals surface area contributed by atoms with E-state index in [-0.39, 0.29) is 5.91 Å². The van der Waals surface area contributed by atoms with E-state index in [9.17, 15) is 4.79 Å². The largest absolute Gasteiger partial charge is 0.366 e. The van der Waals surface area contributed by atoms with Gasteiger partial charge in [0.25, 0.3) is 0 Å². The van der Waals surface area contributed by atoms with Crippen molar-refractivity contribution in [3.8, 4) is 0 Å². The molecule has 1 amide bonds. The lowest BCUT2D eigenvalue weighted by atomic mass is 9.92. The first-order chi connectivity index (χ1) is 3.79. The third kappa shape index (κ3) is 1.09. The molecule has 2 N–H and O–H groups in total.